The largest absolute Gasteiger partial charge is 0.493 e. The molecule has 0 spiro atoms. The van der Waals surface area contributed by atoms with Gasteiger partial charge in [0.1, 0.15) is 23.9 Å². The van der Waals surface area contributed by atoms with Crippen LogP contribution in [0.25, 0.3) is 10.9 Å². The fourth-order valence-corrected chi connectivity index (χ4v) is 3.63. The molecule has 0 bridgehead atoms. The Balaban J connectivity index is 1.43. The summed E-state index contributed by atoms with van der Waals surface area (Å²) < 4.78 is 27.9. The van der Waals surface area contributed by atoms with Gasteiger partial charge >= 0.3 is 6.09 Å². The molecular formula is C27H27N3O6. The van der Waals surface area contributed by atoms with Gasteiger partial charge in [0.05, 0.1) is 31.7 Å². The minimum Gasteiger partial charge on any atom is -0.493 e. The summed E-state index contributed by atoms with van der Waals surface area (Å²) in [7, 11) is 3.12. The minimum atomic E-state index is -0.578. The zero-order valence-corrected chi connectivity index (χ0v) is 20.5. The van der Waals surface area contributed by atoms with Crippen LogP contribution >= 0.6 is 0 Å². The van der Waals surface area contributed by atoms with Crippen LogP contribution in [0.2, 0.25) is 0 Å². The first-order valence-electron chi connectivity index (χ1n) is 11.4. The standard InChI is InChI=1S/C27H27N3O6/c1-5-34-23-9-7-6-8-20(23)17(2)35-27(31)30-18-10-12-19(13-11-18)36-26-21-14-24(32-3)25(33-4)15-22(21)28-16-29-26/h6-17H,5H2,1-4H3,(H,30,31). The second-order valence-electron chi connectivity index (χ2n) is 7.67. The molecule has 0 aliphatic heterocycles. The predicted molar refractivity (Wildman–Crippen MR) is 135 cm³/mol. The van der Waals surface area contributed by atoms with Crippen LogP contribution in [0.1, 0.15) is 25.5 Å². The number of nitrogens with zero attached hydrogens (tertiary/aromatic N) is 2. The molecule has 36 heavy (non-hydrogen) atoms. The molecular weight excluding hydrogens is 462 g/mol. The van der Waals surface area contributed by atoms with Crippen LogP contribution in [-0.4, -0.2) is 36.9 Å². The molecule has 0 saturated heterocycles. The first-order chi connectivity index (χ1) is 17.5. The number of benzene rings is 3. The Labute approximate surface area is 209 Å². The third-order valence-electron chi connectivity index (χ3n) is 5.36. The Kier molecular flexibility index (Phi) is 7.69. The zero-order chi connectivity index (χ0) is 25.5. The Morgan fingerprint density at radius 3 is 2.39 bits per heavy atom. The average Bonchev–Trinajstić information content (AvgIpc) is 2.89. The van der Waals surface area contributed by atoms with Crippen LogP contribution in [0, 0.1) is 0 Å². The molecule has 1 atom stereocenters. The van der Waals surface area contributed by atoms with Crippen LogP contribution in [0.3, 0.4) is 0 Å². The average molecular weight is 490 g/mol. The van der Waals surface area contributed by atoms with Crippen LogP contribution in [0.5, 0.6) is 28.9 Å². The van der Waals surface area contributed by atoms with E-state index in [-0.39, 0.29) is 0 Å². The number of nitrogens with one attached hydrogen (secondary N) is 1. The molecule has 0 aliphatic rings. The van der Waals surface area contributed by atoms with Gasteiger partial charge in [-0.25, -0.2) is 14.8 Å². The van der Waals surface area contributed by atoms with Crippen molar-refractivity contribution in [2.24, 2.45) is 0 Å². The highest BCUT2D eigenvalue weighted by atomic mass is 16.6. The lowest BCUT2D eigenvalue weighted by atomic mass is 10.1. The van der Waals surface area contributed by atoms with Gasteiger partial charge in [-0.05, 0) is 50.2 Å². The third kappa shape index (κ3) is 5.57. The summed E-state index contributed by atoms with van der Waals surface area (Å²) in [4.78, 5) is 21.0. The highest BCUT2D eigenvalue weighted by molar-refractivity contribution is 5.87. The van der Waals surface area contributed by atoms with E-state index in [2.05, 4.69) is 15.3 Å². The third-order valence-corrected chi connectivity index (χ3v) is 5.36. The highest BCUT2D eigenvalue weighted by Crippen LogP contribution is 2.36. The lowest BCUT2D eigenvalue weighted by Crippen LogP contribution is -2.16. The molecule has 9 nitrogen and oxygen atoms in total. The Morgan fingerprint density at radius 1 is 0.944 bits per heavy atom. The van der Waals surface area contributed by atoms with Crippen molar-refractivity contribution in [3.05, 3.63) is 72.6 Å². The van der Waals surface area contributed by atoms with E-state index in [1.165, 1.54) is 6.33 Å². The SMILES string of the molecule is CCOc1ccccc1C(C)OC(=O)Nc1ccc(Oc2ncnc3cc(OC)c(OC)cc23)cc1. The van der Waals surface area contributed by atoms with Crippen molar-refractivity contribution in [2.75, 3.05) is 26.1 Å². The number of para-hydroxylation sites is 1. The topological polar surface area (TPSA) is 101 Å². The lowest BCUT2D eigenvalue weighted by Gasteiger charge is -2.17. The smallest absolute Gasteiger partial charge is 0.412 e. The first kappa shape index (κ1) is 24.6. The van der Waals surface area contributed by atoms with Gasteiger partial charge in [0.25, 0.3) is 0 Å². The van der Waals surface area contributed by atoms with Gasteiger partial charge in [-0.15, -0.1) is 0 Å². The van der Waals surface area contributed by atoms with Crippen molar-refractivity contribution in [1.29, 1.82) is 0 Å². The van der Waals surface area contributed by atoms with E-state index >= 15 is 0 Å². The van der Waals surface area contributed by atoms with E-state index in [9.17, 15) is 4.79 Å². The molecule has 1 amide bonds. The number of methoxy groups -OCH3 is 2. The van der Waals surface area contributed by atoms with Crippen molar-refractivity contribution in [2.45, 2.75) is 20.0 Å². The quantitative estimate of drug-likeness (QED) is 0.299. The van der Waals surface area contributed by atoms with Crippen molar-refractivity contribution in [3.63, 3.8) is 0 Å². The van der Waals surface area contributed by atoms with Gasteiger partial charge < -0.3 is 23.7 Å². The van der Waals surface area contributed by atoms with Gasteiger partial charge in [0.15, 0.2) is 11.5 Å². The summed E-state index contributed by atoms with van der Waals surface area (Å²) in [5.74, 6) is 2.69. The van der Waals surface area contributed by atoms with E-state index in [0.29, 0.717) is 52.1 Å². The normalized spacial score (nSPS) is 11.4. The van der Waals surface area contributed by atoms with E-state index in [1.807, 2.05) is 31.2 Å². The number of hydrogen-bond donors (Lipinski definition) is 1. The molecule has 0 radical (unpaired) electrons. The number of ether oxygens (including phenoxy) is 5. The molecule has 4 aromatic rings. The van der Waals surface area contributed by atoms with Gasteiger partial charge in [-0.1, -0.05) is 18.2 Å². The van der Waals surface area contributed by atoms with E-state index in [1.54, 1.807) is 57.5 Å². The molecule has 3 aromatic carbocycles. The number of fused-ring (bicyclic) bond motifs is 1. The number of hydrogen-bond acceptors (Lipinski definition) is 8. The minimum absolute atomic E-state index is 0.364. The summed E-state index contributed by atoms with van der Waals surface area (Å²) in [6, 6.07) is 17.9. The van der Waals surface area contributed by atoms with E-state index < -0.39 is 12.2 Å². The maximum atomic E-state index is 12.5. The number of amides is 1. The zero-order valence-electron chi connectivity index (χ0n) is 20.5. The van der Waals surface area contributed by atoms with Gasteiger partial charge in [0.2, 0.25) is 5.88 Å². The van der Waals surface area contributed by atoms with Crippen molar-refractivity contribution in [3.8, 4) is 28.9 Å². The van der Waals surface area contributed by atoms with Gasteiger partial charge in [-0.2, -0.15) is 0 Å². The summed E-state index contributed by atoms with van der Waals surface area (Å²) in [5.41, 5.74) is 2.00. The second kappa shape index (κ2) is 11.3. The molecule has 1 heterocycles. The maximum Gasteiger partial charge on any atom is 0.412 e. The first-order valence-corrected chi connectivity index (χ1v) is 11.4. The van der Waals surface area contributed by atoms with Crippen LogP contribution < -0.4 is 24.3 Å². The fraction of sp³-hybridized carbons (Fsp3) is 0.222. The van der Waals surface area contributed by atoms with Crippen LogP contribution in [0.15, 0.2) is 67.0 Å². The van der Waals surface area contributed by atoms with Crippen molar-refractivity contribution >= 4 is 22.7 Å². The van der Waals surface area contributed by atoms with E-state index in [4.69, 9.17) is 23.7 Å². The summed E-state index contributed by atoms with van der Waals surface area (Å²) >= 11 is 0. The number of carbonyl (C=O) groups is 1. The monoisotopic (exact) mass is 489 g/mol. The molecule has 1 aromatic heterocycles. The molecule has 9 heteroatoms. The van der Waals surface area contributed by atoms with Gasteiger partial charge in [0, 0.05) is 17.3 Å². The number of carbonyl (C=O) groups excluding carboxylic acids is 1. The van der Waals surface area contributed by atoms with Crippen LogP contribution in [0.4, 0.5) is 10.5 Å². The molecule has 0 fully saturated rings. The highest BCUT2D eigenvalue weighted by Gasteiger charge is 2.16. The Morgan fingerprint density at radius 2 is 1.67 bits per heavy atom. The molecule has 1 unspecified atom stereocenters. The Bertz CT molecular complexity index is 1340. The number of rotatable bonds is 9. The lowest BCUT2D eigenvalue weighted by molar-refractivity contribution is 0.119. The van der Waals surface area contributed by atoms with Crippen molar-refractivity contribution < 1.29 is 28.5 Å². The fourth-order valence-electron chi connectivity index (χ4n) is 3.63. The number of anilines is 1. The molecule has 1 N–H and O–H groups in total. The van der Waals surface area contributed by atoms with Crippen molar-refractivity contribution in [1.82, 2.24) is 9.97 Å². The van der Waals surface area contributed by atoms with Crippen LogP contribution in [-0.2, 0) is 4.74 Å². The van der Waals surface area contributed by atoms with Gasteiger partial charge in [-0.3, -0.25) is 5.32 Å². The molecule has 186 valence electrons. The second-order valence-corrected chi connectivity index (χ2v) is 7.67. The number of aromatic nitrogens is 2. The van der Waals surface area contributed by atoms with E-state index in [0.717, 1.165) is 5.56 Å². The Hall–Kier alpha value is -4.53. The summed E-state index contributed by atoms with van der Waals surface area (Å²) in [5, 5.41) is 3.40. The molecule has 0 saturated carbocycles. The summed E-state index contributed by atoms with van der Waals surface area (Å²) in [6.07, 6.45) is 0.350. The maximum absolute atomic E-state index is 12.5. The predicted octanol–water partition coefficient (Wildman–Crippen LogP) is 6.15. The summed E-state index contributed by atoms with van der Waals surface area (Å²) in [6.45, 7) is 4.23. The molecule has 4 rings (SSSR count). The molecule has 0 aliphatic carbocycles.